The highest BCUT2D eigenvalue weighted by Gasteiger charge is 2.21. The molecule has 0 spiro atoms. The van der Waals surface area contributed by atoms with E-state index in [4.69, 9.17) is 9.15 Å². The van der Waals surface area contributed by atoms with Crippen LogP contribution in [-0.2, 0) is 4.74 Å². The SMILES string of the molecule is COC(C)(C)CC(C)NC(=O)Nc1cc(-c2nnco2)ccc1C. The minimum atomic E-state index is -0.291. The van der Waals surface area contributed by atoms with Crippen molar-refractivity contribution in [1.29, 1.82) is 0 Å². The van der Waals surface area contributed by atoms with Crippen LogP contribution in [0.1, 0.15) is 32.8 Å². The van der Waals surface area contributed by atoms with Gasteiger partial charge >= 0.3 is 6.03 Å². The molecule has 1 aromatic carbocycles. The Kier molecular flexibility index (Phi) is 5.56. The van der Waals surface area contributed by atoms with E-state index in [0.29, 0.717) is 18.0 Å². The molecule has 0 bridgehead atoms. The molecule has 130 valence electrons. The van der Waals surface area contributed by atoms with E-state index >= 15 is 0 Å². The number of benzene rings is 1. The lowest BCUT2D eigenvalue weighted by Gasteiger charge is -2.27. The van der Waals surface area contributed by atoms with Gasteiger partial charge < -0.3 is 19.8 Å². The van der Waals surface area contributed by atoms with E-state index in [1.54, 1.807) is 7.11 Å². The molecule has 0 radical (unpaired) electrons. The number of hydrogen-bond acceptors (Lipinski definition) is 5. The zero-order valence-electron chi connectivity index (χ0n) is 14.7. The average Bonchev–Trinajstić information content (AvgIpc) is 3.03. The maximum atomic E-state index is 12.2. The lowest BCUT2D eigenvalue weighted by atomic mass is 10.00. The number of urea groups is 1. The Labute approximate surface area is 141 Å². The number of anilines is 1. The van der Waals surface area contributed by atoms with E-state index in [1.165, 1.54) is 6.39 Å². The molecule has 0 aliphatic rings. The van der Waals surface area contributed by atoms with Crippen LogP contribution in [0.15, 0.2) is 29.0 Å². The van der Waals surface area contributed by atoms with Gasteiger partial charge in [-0.15, -0.1) is 10.2 Å². The van der Waals surface area contributed by atoms with Crippen molar-refractivity contribution in [3.8, 4) is 11.5 Å². The minimum absolute atomic E-state index is 0.0284. The molecule has 0 saturated carbocycles. The van der Waals surface area contributed by atoms with Crippen molar-refractivity contribution >= 4 is 11.7 Å². The Bertz CT molecular complexity index is 683. The van der Waals surface area contributed by atoms with Gasteiger partial charge in [-0.05, 0) is 51.8 Å². The summed E-state index contributed by atoms with van der Waals surface area (Å²) in [5.41, 5.74) is 2.10. The van der Waals surface area contributed by atoms with Crippen LogP contribution in [0.3, 0.4) is 0 Å². The summed E-state index contributed by atoms with van der Waals surface area (Å²) in [6.07, 6.45) is 1.98. The Balaban J connectivity index is 2.02. The monoisotopic (exact) mass is 332 g/mol. The van der Waals surface area contributed by atoms with Gasteiger partial charge in [0.15, 0.2) is 0 Å². The molecule has 2 N–H and O–H groups in total. The predicted octanol–water partition coefficient (Wildman–Crippen LogP) is 3.37. The van der Waals surface area contributed by atoms with Gasteiger partial charge in [-0.2, -0.15) is 0 Å². The van der Waals surface area contributed by atoms with Crippen molar-refractivity contribution in [3.05, 3.63) is 30.2 Å². The molecule has 0 saturated heterocycles. The number of methoxy groups -OCH3 is 1. The normalized spacial score (nSPS) is 12.7. The van der Waals surface area contributed by atoms with Crippen LogP contribution in [-0.4, -0.2) is 35.0 Å². The first-order valence-corrected chi connectivity index (χ1v) is 7.80. The Morgan fingerprint density at radius 2 is 2.17 bits per heavy atom. The first-order valence-electron chi connectivity index (χ1n) is 7.80. The zero-order valence-corrected chi connectivity index (χ0v) is 14.7. The topological polar surface area (TPSA) is 89.3 Å². The number of rotatable bonds is 6. The second kappa shape index (κ2) is 7.44. The highest BCUT2D eigenvalue weighted by Crippen LogP contribution is 2.24. The summed E-state index contributed by atoms with van der Waals surface area (Å²) in [6, 6.07) is 5.29. The lowest BCUT2D eigenvalue weighted by Crippen LogP contribution is -2.41. The third kappa shape index (κ3) is 4.79. The van der Waals surface area contributed by atoms with Gasteiger partial charge in [-0.3, -0.25) is 0 Å². The van der Waals surface area contributed by atoms with E-state index < -0.39 is 0 Å². The number of aryl methyl sites for hydroxylation is 1. The van der Waals surface area contributed by atoms with E-state index in [2.05, 4.69) is 20.8 Å². The Hall–Kier alpha value is -2.41. The molecule has 1 unspecified atom stereocenters. The molecule has 0 aliphatic heterocycles. The van der Waals surface area contributed by atoms with Gasteiger partial charge in [-0.1, -0.05) is 6.07 Å². The third-order valence-corrected chi connectivity index (χ3v) is 3.82. The number of amides is 2. The van der Waals surface area contributed by atoms with Crippen molar-refractivity contribution in [2.75, 3.05) is 12.4 Å². The van der Waals surface area contributed by atoms with Gasteiger partial charge in [0, 0.05) is 24.4 Å². The van der Waals surface area contributed by atoms with E-state index in [1.807, 2.05) is 45.9 Å². The maximum Gasteiger partial charge on any atom is 0.319 e. The summed E-state index contributed by atoms with van der Waals surface area (Å²) < 4.78 is 10.6. The Morgan fingerprint density at radius 3 is 2.79 bits per heavy atom. The minimum Gasteiger partial charge on any atom is -0.423 e. The smallest absolute Gasteiger partial charge is 0.319 e. The second-order valence-electron chi connectivity index (χ2n) is 6.44. The molecule has 2 aromatic rings. The highest BCUT2D eigenvalue weighted by molar-refractivity contribution is 5.91. The number of aromatic nitrogens is 2. The third-order valence-electron chi connectivity index (χ3n) is 3.82. The predicted molar refractivity (Wildman–Crippen MR) is 91.8 cm³/mol. The van der Waals surface area contributed by atoms with Crippen LogP contribution in [0.4, 0.5) is 10.5 Å². The molecule has 1 aromatic heterocycles. The van der Waals surface area contributed by atoms with Gasteiger partial charge in [0.05, 0.1) is 5.60 Å². The molecular weight excluding hydrogens is 308 g/mol. The molecule has 2 amide bonds. The van der Waals surface area contributed by atoms with Crippen molar-refractivity contribution in [2.45, 2.75) is 45.8 Å². The fourth-order valence-corrected chi connectivity index (χ4v) is 2.44. The number of ether oxygens (including phenoxy) is 1. The molecule has 7 nitrogen and oxygen atoms in total. The molecule has 1 atom stereocenters. The van der Waals surface area contributed by atoms with Crippen LogP contribution in [0.5, 0.6) is 0 Å². The molecule has 2 rings (SSSR count). The van der Waals surface area contributed by atoms with Gasteiger partial charge in [0.25, 0.3) is 0 Å². The quantitative estimate of drug-likeness (QED) is 0.846. The second-order valence-corrected chi connectivity index (χ2v) is 6.44. The van der Waals surface area contributed by atoms with Gasteiger partial charge in [-0.25, -0.2) is 4.79 Å². The van der Waals surface area contributed by atoms with Crippen LogP contribution >= 0.6 is 0 Å². The van der Waals surface area contributed by atoms with Gasteiger partial charge in [0.1, 0.15) is 0 Å². The largest absolute Gasteiger partial charge is 0.423 e. The summed E-state index contributed by atoms with van der Waals surface area (Å²) in [5.74, 6) is 0.411. The molecule has 0 fully saturated rings. The van der Waals surface area contributed by atoms with E-state index in [9.17, 15) is 4.79 Å². The molecule has 1 heterocycles. The van der Waals surface area contributed by atoms with Crippen molar-refractivity contribution < 1.29 is 13.9 Å². The van der Waals surface area contributed by atoms with E-state index in [0.717, 1.165) is 11.1 Å². The number of nitrogens with zero attached hydrogens (tertiary/aromatic N) is 2. The average molecular weight is 332 g/mol. The highest BCUT2D eigenvalue weighted by atomic mass is 16.5. The first kappa shape index (κ1) is 17.9. The molecular formula is C17H24N4O3. The van der Waals surface area contributed by atoms with Crippen LogP contribution < -0.4 is 10.6 Å². The van der Waals surface area contributed by atoms with Crippen molar-refractivity contribution in [2.24, 2.45) is 0 Å². The summed E-state index contributed by atoms with van der Waals surface area (Å²) in [6.45, 7) is 7.84. The summed E-state index contributed by atoms with van der Waals surface area (Å²) in [4.78, 5) is 12.2. The molecule has 0 aliphatic carbocycles. The van der Waals surface area contributed by atoms with E-state index in [-0.39, 0.29) is 17.7 Å². The number of carbonyl (C=O) groups is 1. The van der Waals surface area contributed by atoms with Crippen molar-refractivity contribution in [1.82, 2.24) is 15.5 Å². The summed E-state index contributed by atoms with van der Waals surface area (Å²) >= 11 is 0. The van der Waals surface area contributed by atoms with Crippen LogP contribution in [0, 0.1) is 6.92 Å². The van der Waals surface area contributed by atoms with Crippen LogP contribution in [0.2, 0.25) is 0 Å². The summed E-state index contributed by atoms with van der Waals surface area (Å²) in [7, 11) is 1.67. The number of hydrogen-bond donors (Lipinski definition) is 2. The standard InChI is InChI=1S/C17H24N4O3/c1-11-6-7-13(15-21-18-10-24-15)8-14(11)20-16(22)19-12(2)9-17(3,4)23-5/h6-8,10,12H,9H2,1-5H3,(H2,19,20,22). The van der Waals surface area contributed by atoms with Crippen molar-refractivity contribution in [3.63, 3.8) is 0 Å². The fourth-order valence-electron chi connectivity index (χ4n) is 2.44. The molecule has 7 heteroatoms. The van der Waals surface area contributed by atoms with Gasteiger partial charge in [0.2, 0.25) is 12.3 Å². The Morgan fingerprint density at radius 1 is 1.42 bits per heavy atom. The lowest BCUT2D eigenvalue weighted by molar-refractivity contribution is 0.00963. The van der Waals surface area contributed by atoms with Crippen LogP contribution in [0.25, 0.3) is 11.5 Å². The number of carbonyl (C=O) groups excluding carboxylic acids is 1. The maximum absolute atomic E-state index is 12.2. The fraction of sp³-hybridized carbons (Fsp3) is 0.471. The zero-order chi connectivity index (χ0) is 17.7. The number of nitrogens with one attached hydrogen (secondary N) is 2. The first-order chi connectivity index (χ1) is 11.3. The summed E-state index contributed by atoms with van der Waals surface area (Å²) in [5, 5.41) is 13.3. The molecule has 24 heavy (non-hydrogen) atoms.